The average Bonchev–Trinajstić information content (AvgIpc) is 3.36. The normalized spacial score (nSPS) is 47.5. The number of fused-ring (bicyclic) bond motifs is 2. The summed E-state index contributed by atoms with van der Waals surface area (Å²) in [5.41, 5.74) is -9.77. The molecule has 3 aliphatic carbocycles. The van der Waals surface area contributed by atoms with Crippen LogP contribution < -0.4 is 0 Å². The predicted octanol–water partition coefficient (Wildman–Crippen LogP) is 1.22. The monoisotopic (exact) mass is 475 g/mol. The van der Waals surface area contributed by atoms with Crippen molar-refractivity contribution in [1.82, 2.24) is 4.98 Å². The van der Waals surface area contributed by atoms with Crippen molar-refractivity contribution in [3.8, 4) is 0 Å². The molecule has 0 spiro atoms. The van der Waals surface area contributed by atoms with Crippen LogP contribution in [0.1, 0.15) is 64.4 Å². The number of rotatable bonds is 3. The van der Waals surface area contributed by atoms with E-state index in [4.69, 9.17) is 9.47 Å². The van der Waals surface area contributed by atoms with E-state index >= 15 is 0 Å². The lowest BCUT2D eigenvalue weighted by molar-refractivity contribution is -0.307. The molecule has 2 heterocycles. The number of aromatic amines is 1. The Bertz CT molecular complexity index is 1100. The van der Waals surface area contributed by atoms with E-state index in [1.54, 1.807) is 26.1 Å². The molecule has 1 aromatic rings. The lowest BCUT2D eigenvalue weighted by Crippen LogP contribution is -2.77. The van der Waals surface area contributed by atoms with Gasteiger partial charge in [0.05, 0.1) is 6.42 Å². The highest BCUT2D eigenvalue weighted by molar-refractivity contribution is 5.88. The van der Waals surface area contributed by atoms with Crippen molar-refractivity contribution in [3.05, 3.63) is 35.2 Å². The number of esters is 2. The molecule has 9 nitrogen and oxygen atoms in total. The second-order valence-electron chi connectivity index (χ2n) is 11.1. The van der Waals surface area contributed by atoms with Gasteiger partial charge in [0.15, 0.2) is 17.3 Å². The molecule has 4 aliphatic rings. The number of carbonyl (C=O) groups excluding carboxylic acids is 2. The van der Waals surface area contributed by atoms with Gasteiger partial charge in [0.25, 0.3) is 0 Å². The Labute approximate surface area is 197 Å². The van der Waals surface area contributed by atoms with E-state index in [9.17, 15) is 30.0 Å². The molecular weight excluding hydrogens is 442 g/mol. The summed E-state index contributed by atoms with van der Waals surface area (Å²) in [6.07, 6.45) is -1.23. The zero-order valence-corrected chi connectivity index (χ0v) is 20.1. The Kier molecular flexibility index (Phi) is 4.65. The Morgan fingerprint density at radius 3 is 2.56 bits per heavy atom. The fourth-order valence-corrected chi connectivity index (χ4v) is 7.81. The first-order valence-corrected chi connectivity index (χ1v) is 11.9. The number of aliphatic hydroxyl groups is 4. The van der Waals surface area contributed by atoms with Gasteiger partial charge in [-0.1, -0.05) is 27.7 Å². The number of hydrogen-bond acceptors (Lipinski definition) is 8. The Morgan fingerprint density at radius 2 is 1.97 bits per heavy atom. The number of H-pyrrole nitrogens is 1. The van der Waals surface area contributed by atoms with E-state index in [-0.39, 0.29) is 23.6 Å². The molecule has 5 rings (SSSR count). The molecule has 8 unspecified atom stereocenters. The van der Waals surface area contributed by atoms with Crippen LogP contribution >= 0.6 is 0 Å². The van der Waals surface area contributed by atoms with E-state index in [2.05, 4.69) is 4.98 Å². The van der Waals surface area contributed by atoms with Crippen LogP contribution in [0.3, 0.4) is 0 Å². The minimum atomic E-state index is -2.40. The SMILES string of the molecule is CC1=C(C(C)C)C(OC(=O)c2ccc[nH]2)C2(O)C3(C)CC(=O)OC4(C(O)C(C)CCC34O)C12O. The second-order valence-corrected chi connectivity index (χ2v) is 11.1. The van der Waals surface area contributed by atoms with Crippen molar-refractivity contribution in [1.29, 1.82) is 0 Å². The molecule has 0 radical (unpaired) electrons. The molecule has 5 N–H and O–H groups in total. The van der Waals surface area contributed by atoms with E-state index in [0.717, 1.165) is 0 Å². The summed E-state index contributed by atoms with van der Waals surface area (Å²) in [5.74, 6) is -2.21. The van der Waals surface area contributed by atoms with E-state index in [1.807, 2.05) is 13.8 Å². The molecule has 9 heteroatoms. The molecule has 3 fully saturated rings. The van der Waals surface area contributed by atoms with Gasteiger partial charge in [-0.2, -0.15) is 0 Å². The Morgan fingerprint density at radius 1 is 1.29 bits per heavy atom. The lowest BCUT2D eigenvalue weighted by Gasteiger charge is -2.59. The summed E-state index contributed by atoms with van der Waals surface area (Å²) >= 11 is 0. The third-order valence-electron chi connectivity index (χ3n) is 9.45. The standard InChI is InChI=1S/C25H33NO8/c1-12(2)17-14(4)23(31)24(32,19(17)33-20(29)15-7-6-10-26-15)21(5)11-16(27)34-25(23)18(28)13(3)8-9-22(21,25)30/h6-7,10,12-13,18-19,26,28,30-32H,8-9,11H2,1-5H3. The maximum atomic E-state index is 13.1. The molecule has 2 saturated carbocycles. The minimum absolute atomic E-state index is 0.0845. The maximum absolute atomic E-state index is 13.1. The van der Waals surface area contributed by atoms with Crippen LogP contribution in [-0.2, 0) is 14.3 Å². The summed E-state index contributed by atoms with van der Waals surface area (Å²) in [7, 11) is 0. The van der Waals surface area contributed by atoms with Crippen LogP contribution in [0.15, 0.2) is 29.5 Å². The van der Waals surface area contributed by atoms with Crippen LogP contribution in [-0.4, -0.2) is 72.0 Å². The minimum Gasteiger partial charge on any atom is -0.450 e. The summed E-state index contributed by atoms with van der Waals surface area (Å²) in [4.78, 5) is 28.8. The largest absolute Gasteiger partial charge is 0.450 e. The third kappa shape index (κ3) is 2.13. The quantitative estimate of drug-likeness (QED) is 0.324. The van der Waals surface area contributed by atoms with E-state index < -0.39 is 64.3 Å². The van der Waals surface area contributed by atoms with Gasteiger partial charge in [0.1, 0.15) is 17.4 Å². The number of hydrogen-bond donors (Lipinski definition) is 5. The smallest absolute Gasteiger partial charge is 0.355 e. The first-order valence-electron chi connectivity index (χ1n) is 11.9. The van der Waals surface area contributed by atoms with Gasteiger partial charge in [-0.25, -0.2) is 4.79 Å². The number of aromatic nitrogens is 1. The fourth-order valence-electron chi connectivity index (χ4n) is 7.81. The van der Waals surface area contributed by atoms with Gasteiger partial charge in [-0.3, -0.25) is 4.79 Å². The average molecular weight is 476 g/mol. The van der Waals surface area contributed by atoms with Crippen molar-refractivity contribution >= 4 is 11.9 Å². The van der Waals surface area contributed by atoms with Crippen molar-refractivity contribution in [2.24, 2.45) is 17.3 Å². The van der Waals surface area contributed by atoms with Crippen LogP contribution in [0.25, 0.3) is 0 Å². The summed E-state index contributed by atoms with van der Waals surface area (Å²) in [6.45, 7) is 8.54. The van der Waals surface area contributed by atoms with Gasteiger partial charge < -0.3 is 34.9 Å². The number of aliphatic hydroxyl groups excluding tert-OH is 1. The molecular formula is C25H33NO8. The van der Waals surface area contributed by atoms with Crippen LogP contribution in [0.2, 0.25) is 0 Å². The molecule has 1 aliphatic heterocycles. The number of carbonyl (C=O) groups is 2. The zero-order valence-electron chi connectivity index (χ0n) is 20.1. The van der Waals surface area contributed by atoms with Gasteiger partial charge >= 0.3 is 11.9 Å². The summed E-state index contributed by atoms with van der Waals surface area (Å²) < 4.78 is 11.7. The van der Waals surface area contributed by atoms with Crippen LogP contribution in [0, 0.1) is 17.3 Å². The molecule has 34 heavy (non-hydrogen) atoms. The fraction of sp³-hybridized carbons (Fsp3) is 0.680. The molecule has 186 valence electrons. The highest BCUT2D eigenvalue weighted by Crippen LogP contribution is 2.77. The highest BCUT2D eigenvalue weighted by atomic mass is 16.6. The van der Waals surface area contributed by atoms with Crippen LogP contribution in [0.4, 0.5) is 0 Å². The molecule has 1 aromatic heterocycles. The van der Waals surface area contributed by atoms with Gasteiger partial charge in [-0.05, 0) is 54.9 Å². The van der Waals surface area contributed by atoms with E-state index in [1.165, 1.54) is 13.0 Å². The third-order valence-corrected chi connectivity index (χ3v) is 9.45. The second kappa shape index (κ2) is 6.72. The molecule has 8 atom stereocenters. The molecule has 0 aromatic carbocycles. The van der Waals surface area contributed by atoms with Crippen molar-refractivity contribution in [2.45, 2.75) is 88.5 Å². The molecule has 0 amide bonds. The Hall–Kier alpha value is -2.20. The maximum Gasteiger partial charge on any atom is 0.355 e. The predicted molar refractivity (Wildman–Crippen MR) is 118 cm³/mol. The summed E-state index contributed by atoms with van der Waals surface area (Å²) in [5, 5.41) is 49.0. The lowest BCUT2D eigenvalue weighted by atomic mass is 9.55. The summed E-state index contributed by atoms with van der Waals surface area (Å²) in [6, 6.07) is 3.16. The van der Waals surface area contributed by atoms with Gasteiger partial charge in [0.2, 0.25) is 5.60 Å². The van der Waals surface area contributed by atoms with Gasteiger partial charge in [-0.15, -0.1) is 0 Å². The molecule has 1 saturated heterocycles. The highest BCUT2D eigenvalue weighted by Gasteiger charge is 2.96. The number of nitrogens with one attached hydrogen (secondary N) is 1. The number of ether oxygens (including phenoxy) is 2. The first kappa shape index (κ1) is 23.5. The zero-order chi connectivity index (χ0) is 25.1. The van der Waals surface area contributed by atoms with Gasteiger partial charge in [0, 0.05) is 11.6 Å². The first-order chi connectivity index (χ1) is 15.7. The molecule has 2 bridgehead atoms. The Balaban J connectivity index is 1.81. The van der Waals surface area contributed by atoms with E-state index in [0.29, 0.717) is 12.0 Å². The van der Waals surface area contributed by atoms with Crippen molar-refractivity contribution in [3.63, 3.8) is 0 Å². The van der Waals surface area contributed by atoms with Crippen molar-refractivity contribution < 1.29 is 39.5 Å². The topological polar surface area (TPSA) is 149 Å². The van der Waals surface area contributed by atoms with Crippen LogP contribution in [0.5, 0.6) is 0 Å². The van der Waals surface area contributed by atoms with Crippen molar-refractivity contribution in [2.75, 3.05) is 0 Å².